The molecular formula is C18H31NO2. The highest BCUT2D eigenvalue weighted by Gasteiger charge is 2.62. The van der Waals surface area contributed by atoms with Crippen molar-refractivity contribution in [1.82, 2.24) is 4.90 Å². The summed E-state index contributed by atoms with van der Waals surface area (Å²) in [5.41, 5.74) is -0.726. The summed E-state index contributed by atoms with van der Waals surface area (Å²) in [5, 5.41) is 11.1. The Morgan fingerprint density at radius 2 is 2.10 bits per heavy atom. The van der Waals surface area contributed by atoms with Crippen molar-refractivity contribution in [2.75, 3.05) is 7.05 Å². The van der Waals surface area contributed by atoms with Crippen LogP contribution in [0, 0.1) is 17.3 Å². The van der Waals surface area contributed by atoms with Gasteiger partial charge in [-0.25, -0.2) is 0 Å². The molecule has 2 rings (SSSR count). The molecule has 1 saturated heterocycles. The van der Waals surface area contributed by atoms with Gasteiger partial charge in [0, 0.05) is 24.3 Å². The molecule has 0 radical (unpaired) electrons. The Kier molecular flexibility index (Phi) is 4.53. The number of carbonyl (C=O) groups excluding carboxylic acids is 1. The number of hydrogen-bond acceptors (Lipinski definition) is 2. The third-order valence-corrected chi connectivity index (χ3v) is 6.35. The highest BCUT2D eigenvalue weighted by atomic mass is 16.3. The summed E-state index contributed by atoms with van der Waals surface area (Å²) in [6.45, 7) is 8.52. The number of allylic oxidation sites excluding steroid dienone is 1. The second-order valence-corrected chi connectivity index (χ2v) is 7.58. The zero-order valence-corrected chi connectivity index (χ0v) is 14.2. The summed E-state index contributed by atoms with van der Waals surface area (Å²) < 4.78 is 0. The maximum Gasteiger partial charge on any atom is 0.226 e. The Hall–Kier alpha value is -0.830. The molecule has 4 atom stereocenters. The first kappa shape index (κ1) is 16.5. The lowest BCUT2D eigenvalue weighted by molar-refractivity contribution is -0.135. The van der Waals surface area contributed by atoms with E-state index in [0.717, 1.165) is 32.1 Å². The lowest BCUT2D eigenvalue weighted by Crippen LogP contribution is -2.59. The second kappa shape index (κ2) is 5.75. The smallest absolute Gasteiger partial charge is 0.226 e. The summed E-state index contributed by atoms with van der Waals surface area (Å²) in [6, 6.07) is 0. The molecule has 1 aliphatic carbocycles. The molecule has 0 bridgehead atoms. The van der Waals surface area contributed by atoms with E-state index in [0.29, 0.717) is 0 Å². The predicted molar refractivity (Wildman–Crippen MR) is 85.8 cm³/mol. The Morgan fingerprint density at radius 1 is 1.43 bits per heavy atom. The van der Waals surface area contributed by atoms with Crippen molar-refractivity contribution in [3.05, 3.63) is 12.2 Å². The van der Waals surface area contributed by atoms with Crippen LogP contribution in [0.15, 0.2) is 12.2 Å². The van der Waals surface area contributed by atoms with Gasteiger partial charge in [-0.2, -0.15) is 0 Å². The monoisotopic (exact) mass is 293 g/mol. The van der Waals surface area contributed by atoms with Crippen molar-refractivity contribution in [1.29, 1.82) is 0 Å². The number of nitrogens with zero attached hydrogens (tertiary/aromatic N) is 1. The molecule has 21 heavy (non-hydrogen) atoms. The van der Waals surface area contributed by atoms with E-state index in [1.54, 1.807) is 0 Å². The molecule has 0 aromatic rings. The van der Waals surface area contributed by atoms with Gasteiger partial charge in [0.15, 0.2) is 0 Å². The zero-order valence-electron chi connectivity index (χ0n) is 14.2. The van der Waals surface area contributed by atoms with Crippen molar-refractivity contribution < 1.29 is 9.90 Å². The van der Waals surface area contributed by atoms with E-state index in [1.807, 2.05) is 11.9 Å². The van der Waals surface area contributed by atoms with E-state index < -0.39 is 11.6 Å². The Morgan fingerprint density at radius 3 is 2.62 bits per heavy atom. The van der Waals surface area contributed by atoms with Crippen LogP contribution in [0.4, 0.5) is 0 Å². The largest absolute Gasteiger partial charge is 0.390 e. The number of hydrogen-bond donors (Lipinski definition) is 1. The number of aliphatic hydroxyl groups is 1. The average Bonchev–Trinajstić information content (AvgIpc) is 2.61. The van der Waals surface area contributed by atoms with Crippen molar-refractivity contribution in [2.45, 2.75) is 71.4 Å². The molecule has 1 fully saturated rings. The number of aliphatic hydroxyl groups excluding tert-OH is 1. The van der Waals surface area contributed by atoms with E-state index in [-0.39, 0.29) is 23.2 Å². The number of amides is 1. The fraction of sp³-hybridized carbons (Fsp3) is 0.833. The van der Waals surface area contributed by atoms with Gasteiger partial charge in [0.05, 0.1) is 11.6 Å². The molecule has 0 unspecified atom stereocenters. The van der Waals surface area contributed by atoms with Crippen LogP contribution in [0.1, 0.15) is 59.8 Å². The lowest BCUT2D eigenvalue weighted by Gasteiger charge is -2.49. The molecular weight excluding hydrogens is 262 g/mol. The van der Waals surface area contributed by atoms with E-state index in [2.05, 4.69) is 39.8 Å². The SMILES string of the molecule is CCC[C@H]1C(=O)N(C)[C@](C)([C@H](O)[C@@H]2C=CCCC2)C1(C)C. The fourth-order valence-corrected chi connectivity index (χ4v) is 4.43. The first-order valence-electron chi connectivity index (χ1n) is 8.40. The summed E-state index contributed by atoms with van der Waals surface area (Å²) in [5.74, 6) is 0.376. The molecule has 3 heteroatoms. The standard InChI is InChI=1S/C18H31NO2/c1-6-10-14-16(21)19(5)18(4,17(14,2)3)15(20)13-11-8-7-9-12-13/h8,11,13-15,20H,6-7,9-10,12H2,1-5H3/t13-,14+,15-,18-/m1/s1. The van der Waals surface area contributed by atoms with E-state index in [1.165, 1.54) is 0 Å². The van der Waals surface area contributed by atoms with E-state index in [4.69, 9.17) is 0 Å². The summed E-state index contributed by atoms with van der Waals surface area (Å²) in [4.78, 5) is 14.5. The highest BCUT2D eigenvalue weighted by molar-refractivity contribution is 5.83. The molecule has 2 aliphatic rings. The predicted octanol–water partition coefficient (Wildman–Crippen LogP) is 3.38. The second-order valence-electron chi connectivity index (χ2n) is 7.58. The Balaban J connectivity index is 2.36. The minimum atomic E-state index is -0.504. The van der Waals surface area contributed by atoms with Crippen LogP contribution in [-0.2, 0) is 4.79 Å². The van der Waals surface area contributed by atoms with Crippen molar-refractivity contribution in [3.8, 4) is 0 Å². The van der Waals surface area contributed by atoms with E-state index >= 15 is 0 Å². The molecule has 1 heterocycles. The molecule has 1 amide bonds. The van der Waals surface area contributed by atoms with Crippen molar-refractivity contribution >= 4 is 5.91 Å². The molecule has 0 aromatic carbocycles. The fourth-order valence-electron chi connectivity index (χ4n) is 4.43. The topological polar surface area (TPSA) is 40.5 Å². The third kappa shape index (κ3) is 2.34. The molecule has 0 saturated carbocycles. The van der Waals surface area contributed by atoms with Crippen LogP contribution >= 0.6 is 0 Å². The lowest BCUT2D eigenvalue weighted by atomic mass is 9.62. The van der Waals surface area contributed by atoms with Crippen LogP contribution in [0.2, 0.25) is 0 Å². The number of likely N-dealkylation sites (tertiary alicyclic amines) is 1. The quantitative estimate of drug-likeness (QED) is 0.807. The summed E-state index contributed by atoms with van der Waals surface area (Å²) in [6.07, 6.45) is 8.99. The van der Waals surface area contributed by atoms with Gasteiger partial charge in [-0.1, -0.05) is 39.3 Å². The molecule has 0 spiro atoms. The molecule has 120 valence electrons. The minimum absolute atomic E-state index is 0.0136. The van der Waals surface area contributed by atoms with Crippen molar-refractivity contribution in [2.24, 2.45) is 17.3 Å². The molecule has 3 nitrogen and oxygen atoms in total. The summed E-state index contributed by atoms with van der Waals surface area (Å²) in [7, 11) is 1.87. The normalized spacial score (nSPS) is 37.0. The molecule has 1 N–H and O–H groups in total. The number of likely N-dealkylation sites (N-methyl/N-ethyl adjacent to an activating group) is 1. The maximum absolute atomic E-state index is 12.7. The van der Waals surface area contributed by atoms with Crippen LogP contribution < -0.4 is 0 Å². The maximum atomic E-state index is 12.7. The zero-order chi connectivity index (χ0) is 15.8. The Bertz CT molecular complexity index is 429. The van der Waals surface area contributed by atoms with Gasteiger partial charge in [0.2, 0.25) is 5.91 Å². The highest BCUT2D eigenvalue weighted by Crippen LogP contribution is 2.53. The number of rotatable bonds is 4. The van der Waals surface area contributed by atoms with Crippen molar-refractivity contribution in [3.63, 3.8) is 0 Å². The molecule has 1 aliphatic heterocycles. The van der Waals surface area contributed by atoms with Gasteiger partial charge in [0.1, 0.15) is 0 Å². The average molecular weight is 293 g/mol. The van der Waals surface area contributed by atoms with Gasteiger partial charge in [-0.3, -0.25) is 4.79 Å². The van der Waals surface area contributed by atoms with Crippen LogP contribution in [0.25, 0.3) is 0 Å². The van der Waals surface area contributed by atoms with Gasteiger partial charge < -0.3 is 10.0 Å². The number of carbonyl (C=O) groups is 1. The van der Waals surface area contributed by atoms with Gasteiger partial charge >= 0.3 is 0 Å². The van der Waals surface area contributed by atoms with Crippen LogP contribution in [0.3, 0.4) is 0 Å². The molecule has 0 aromatic heterocycles. The third-order valence-electron chi connectivity index (χ3n) is 6.35. The first-order chi connectivity index (χ1) is 9.78. The first-order valence-corrected chi connectivity index (χ1v) is 8.40. The Labute approximate surface area is 129 Å². The summed E-state index contributed by atoms with van der Waals surface area (Å²) >= 11 is 0. The van der Waals surface area contributed by atoms with Gasteiger partial charge in [-0.15, -0.1) is 0 Å². The van der Waals surface area contributed by atoms with Gasteiger partial charge in [0.25, 0.3) is 0 Å². The van der Waals surface area contributed by atoms with Crippen LogP contribution in [0.5, 0.6) is 0 Å². The van der Waals surface area contributed by atoms with Crippen LogP contribution in [-0.4, -0.2) is 34.6 Å². The minimum Gasteiger partial charge on any atom is -0.390 e. The van der Waals surface area contributed by atoms with Gasteiger partial charge in [-0.05, 0) is 32.6 Å². The van der Waals surface area contributed by atoms with E-state index in [9.17, 15) is 9.90 Å².